The molecule has 1 aromatic rings. The zero-order valence-electron chi connectivity index (χ0n) is 15.4. The van der Waals surface area contributed by atoms with Gasteiger partial charge in [-0.05, 0) is 37.7 Å². The van der Waals surface area contributed by atoms with E-state index in [1.807, 2.05) is 11.8 Å². The lowest BCUT2D eigenvalue weighted by atomic mass is 9.79. The minimum absolute atomic E-state index is 0. The van der Waals surface area contributed by atoms with Crippen molar-refractivity contribution in [3.05, 3.63) is 22.5 Å². The van der Waals surface area contributed by atoms with Gasteiger partial charge in [0.25, 0.3) is 5.91 Å². The van der Waals surface area contributed by atoms with Crippen LogP contribution in [0.1, 0.15) is 72.6 Å². The summed E-state index contributed by atoms with van der Waals surface area (Å²) in [5.41, 5.74) is 9.00. The summed E-state index contributed by atoms with van der Waals surface area (Å²) in [5, 5.41) is 0. The van der Waals surface area contributed by atoms with Gasteiger partial charge in [0.2, 0.25) is 0 Å². The molecule has 5 nitrogen and oxygen atoms in total. The van der Waals surface area contributed by atoms with Gasteiger partial charge < -0.3 is 15.6 Å². The number of carbonyl (C=O) groups excluding carboxylic acids is 2. The lowest BCUT2D eigenvalue weighted by Crippen LogP contribution is -2.54. The zero-order valence-corrected chi connectivity index (χ0v) is 16.2. The molecule has 24 heavy (non-hydrogen) atoms. The average molecular weight is 356 g/mol. The number of aromatic amines is 1. The summed E-state index contributed by atoms with van der Waals surface area (Å²) in [7, 11) is 0. The second kappa shape index (κ2) is 7.70. The van der Waals surface area contributed by atoms with Crippen LogP contribution in [0.25, 0.3) is 0 Å². The van der Waals surface area contributed by atoms with Crippen molar-refractivity contribution in [1.29, 1.82) is 0 Å². The number of H-pyrrole nitrogens is 1. The van der Waals surface area contributed by atoms with Crippen LogP contribution in [0.15, 0.2) is 0 Å². The average Bonchev–Trinajstić information content (AvgIpc) is 2.78. The van der Waals surface area contributed by atoms with Crippen molar-refractivity contribution >= 4 is 24.1 Å². The van der Waals surface area contributed by atoms with Gasteiger partial charge in [-0.2, -0.15) is 0 Å². The Kier molecular flexibility index (Phi) is 6.65. The Morgan fingerprint density at radius 2 is 2.00 bits per heavy atom. The number of amides is 1. The maximum Gasteiger partial charge on any atom is 0.270 e. The molecule has 0 aliphatic carbocycles. The first-order valence-corrected chi connectivity index (χ1v) is 8.46. The van der Waals surface area contributed by atoms with E-state index in [1.165, 1.54) is 0 Å². The third-order valence-corrected chi connectivity index (χ3v) is 4.96. The van der Waals surface area contributed by atoms with E-state index in [-0.39, 0.29) is 35.6 Å². The van der Waals surface area contributed by atoms with Crippen LogP contribution in [-0.2, 0) is 6.42 Å². The topological polar surface area (TPSA) is 79.2 Å². The van der Waals surface area contributed by atoms with E-state index in [0.717, 1.165) is 30.5 Å². The molecular formula is C18H30ClN3O2. The number of likely N-dealkylation sites (tertiary alicyclic amines) is 1. The number of piperidine rings is 1. The number of carbonyl (C=O) groups is 2. The number of nitrogens with zero attached hydrogens (tertiary/aromatic N) is 1. The van der Waals surface area contributed by atoms with E-state index < -0.39 is 0 Å². The third kappa shape index (κ3) is 3.83. The largest absolute Gasteiger partial charge is 0.354 e. The van der Waals surface area contributed by atoms with Gasteiger partial charge in [0.1, 0.15) is 5.69 Å². The van der Waals surface area contributed by atoms with Crippen LogP contribution in [0.5, 0.6) is 0 Å². The lowest BCUT2D eigenvalue weighted by molar-refractivity contribution is 0.0527. The van der Waals surface area contributed by atoms with E-state index in [9.17, 15) is 9.59 Å². The molecule has 1 aliphatic heterocycles. The molecule has 0 spiro atoms. The van der Waals surface area contributed by atoms with E-state index in [1.54, 1.807) is 6.92 Å². The molecule has 2 rings (SSSR count). The first-order valence-electron chi connectivity index (χ1n) is 8.46. The van der Waals surface area contributed by atoms with Crippen molar-refractivity contribution in [2.45, 2.75) is 59.9 Å². The van der Waals surface area contributed by atoms with Crippen LogP contribution >= 0.6 is 12.4 Å². The van der Waals surface area contributed by atoms with Gasteiger partial charge in [-0.1, -0.05) is 27.2 Å². The summed E-state index contributed by atoms with van der Waals surface area (Å²) in [4.78, 5) is 30.0. The third-order valence-electron chi connectivity index (χ3n) is 4.96. The molecule has 1 saturated heterocycles. The molecule has 2 heterocycles. The van der Waals surface area contributed by atoms with Crippen molar-refractivity contribution in [2.24, 2.45) is 11.1 Å². The molecule has 0 bridgehead atoms. The summed E-state index contributed by atoms with van der Waals surface area (Å²) in [6.45, 7) is 11.0. The predicted molar refractivity (Wildman–Crippen MR) is 99.1 cm³/mol. The fourth-order valence-electron chi connectivity index (χ4n) is 3.54. The minimum atomic E-state index is -0.0934. The Balaban J connectivity index is 0.00000288. The number of nitrogens with one attached hydrogen (secondary N) is 1. The highest BCUT2D eigenvalue weighted by Crippen LogP contribution is 2.30. The monoisotopic (exact) mass is 355 g/mol. The molecular weight excluding hydrogens is 326 g/mol. The number of halogens is 1. The van der Waals surface area contributed by atoms with Crippen LogP contribution in [0, 0.1) is 12.3 Å². The SMILES string of the molecule is CCCc1c(C(=O)N2CCC(N)C(C)(C)C2)[nH]c(C)c1C(C)=O.Cl. The molecule has 1 aliphatic rings. The minimum Gasteiger partial charge on any atom is -0.354 e. The summed E-state index contributed by atoms with van der Waals surface area (Å²) in [5.74, 6) is 0.00581. The number of aryl methyl sites for hydroxylation is 1. The first kappa shape index (κ1) is 20.7. The number of hydrogen-bond acceptors (Lipinski definition) is 3. The van der Waals surface area contributed by atoms with Crippen molar-refractivity contribution in [1.82, 2.24) is 9.88 Å². The highest BCUT2D eigenvalue weighted by molar-refractivity contribution is 6.02. The number of nitrogens with two attached hydrogens (primary N) is 1. The van der Waals surface area contributed by atoms with Gasteiger partial charge in [-0.15, -0.1) is 12.4 Å². The van der Waals surface area contributed by atoms with E-state index in [4.69, 9.17) is 5.73 Å². The van der Waals surface area contributed by atoms with Crippen LogP contribution in [0.4, 0.5) is 0 Å². The number of rotatable bonds is 4. The zero-order chi connectivity index (χ0) is 17.4. The summed E-state index contributed by atoms with van der Waals surface area (Å²) >= 11 is 0. The number of aromatic nitrogens is 1. The van der Waals surface area contributed by atoms with Crippen molar-refractivity contribution in [3.63, 3.8) is 0 Å². The fraction of sp³-hybridized carbons (Fsp3) is 0.667. The van der Waals surface area contributed by atoms with Crippen LogP contribution in [-0.4, -0.2) is 40.7 Å². The van der Waals surface area contributed by atoms with Crippen molar-refractivity contribution < 1.29 is 9.59 Å². The lowest BCUT2D eigenvalue weighted by Gasteiger charge is -2.42. The summed E-state index contributed by atoms with van der Waals surface area (Å²) in [6, 6.07) is 0.111. The summed E-state index contributed by atoms with van der Waals surface area (Å²) < 4.78 is 0. The molecule has 6 heteroatoms. The molecule has 3 N–H and O–H groups in total. The second-order valence-electron chi connectivity index (χ2n) is 7.40. The molecule has 0 aromatic carbocycles. The van der Waals surface area contributed by atoms with Gasteiger partial charge >= 0.3 is 0 Å². The molecule has 1 aromatic heterocycles. The number of ketones is 1. The van der Waals surface area contributed by atoms with Crippen LogP contribution in [0.2, 0.25) is 0 Å². The molecule has 0 radical (unpaired) electrons. The molecule has 0 saturated carbocycles. The van der Waals surface area contributed by atoms with Crippen molar-refractivity contribution in [2.75, 3.05) is 13.1 Å². The van der Waals surface area contributed by atoms with Crippen LogP contribution < -0.4 is 5.73 Å². The Bertz CT molecular complexity index is 622. The molecule has 1 fully saturated rings. The molecule has 1 atom stereocenters. The van der Waals surface area contributed by atoms with E-state index >= 15 is 0 Å². The normalized spacial score (nSPS) is 19.8. The highest BCUT2D eigenvalue weighted by atomic mass is 35.5. The van der Waals surface area contributed by atoms with Gasteiger partial charge in [0.15, 0.2) is 5.78 Å². The van der Waals surface area contributed by atoms with Crippen molar-refractivity contribution in [3.8, 4) is 0 Å². The first-order chi connectivity index (χ1) is 10.7. The smallest absolute Gasteiger partial charge is 0.270 e. The maximum atomic E-state index is 13.0. The maximum absolute atomic E-state index is 13.0. The second-order valence-corrected chi connectivity index (χ2v) is 7.40. The van der Waals surface area contributed by atoms with Gasteiger partial charge in [-0.3, -0.25) is 9.59 Å². The number of hydrogen-bond donors (Lipinski definition) is 2. The molecule has 136 valence electrons. The Morgan fingerprint density at radius 3 is 2.50 bits per heavy atom. The van der Waals surface area contributed by atoms with E-state index in [0.29, 0.717) is 24.3 Å². The van der Waals surface area contributed by atoms with Gasteiger partial charge in [-0.25, -0.2) is 0 Å². The fourth-order valence-corrected chi connectivity index (χ4v) is 3.54. The van der Waals surface area contributed by atoms with E-state index in [2.05, 4.69) is 25.8 Å². The Hall–Kier alpha value is -1.33. The quantitative estimate of drug-likeness (QED) is 0.814. The standard InChI is InChI=1S/C18H29N3O2.ClH/c1-6-7-13-15(12(3)22)11(2)20-16(13)17(23)21-9-8-14(19)18(4,5)10-21;/h14,20H,6-10,19H2,1-5H3;1H. The number of Topliss-reactive ketones (excluding diaryl/α,β-unsaturated/α-hetero) is 1. The van der Waals surface area contributed by atoms with Gasteiger partial charge in [0.05, 0.1) is 0 Å². The van der Waals surface area contributed by atoms with Crippen LogP contribution in [0.3, 0.4) is 0 Å². The Labute approximate surface area is 150 Å². The van der Waals surface area contributed by atoms with Gasteiger partial charge in [0, 0.05) is 30.4 Å². The molecule has 1 unspecified atom stereocenters. The summed E-state index contributed by atoms with van der Waals surface area (Å²) in [6.07, 6.45) is 2.44. The highest BCUT2D eigenvalue weighted by Gasteiger charge is 2.36. The predicted octanol–water partition coefficient (Wildman–Crippen LogP) is 3.10. The Morgan fingerprint density at radius 1 is 1.38 bits per heavy atom. The molecule has 1 amide bonds.